The molecule has 2 rings (SSSR count). The molecule has 2 amide bonds. The highest BCUT2D eigenvalue weighted by Gasteiger charge is 2.12. The number of hydrogen-bond donors (Lipinski definition) is 3. The number of nitrogens with zero attached hydrogens (tertiary/aromatic N) is 1. The Kier molecular flexibility index (Phi) is 7.84. The van der Waals surface area contributed by atoms with Gasteiger partial charge in [0.2, 0.25) is 11.8 Å². The molecule has 0 bridgehead atoms. The molecular formula is C18H28N4O3. The molecule has 1 saturated heterocycles. The standard InChI is InChI=1S/C18H28N4O3/c1-14(12-19)18(24)20-13-15-3-2-4-16(11-15)21-17(23)5-6-22-7-9-25-10-8-22/h2-4,11,14H,5-10,12-13,19H2,1H3,(H,20,24)(H,21,23). The molecule has 0 saturated carbocycles. The lowest BCUT2D eigenvalue weighted by Gasteiger charge is -2.26. The van der Waals surface area contributed by atoms with E-state index in [-0.39, 0.29) is 17.7 Å². The highest BCUT2D eigenvalue weighted by Crippen LogP contribution is 2.11. The van der Waals surface area contributed by atoms with Crippen molar-refractivity contribution >= 4 is 17.5 Å². The van der Waals surface area contributed by atoms with Crippen molar-refractivity contribution in [2.24, 2.45) is 11.7 Å². The fraction of sp³-hybridized carbons (Fsp3) is 0.556. The van der Waals surface area contributed by atoms with Gasteiger partial charge < -0.3 is 21.1 Å². The summed E-state index contributed by atoms with van der Waals surface area (Å²) in [6.07, 6.45) is 0.453. The number of benzene rings is 1. The van der Waals surface area contributed by atoms with Crippen molar-refractivity contribution in [1.29, 1.82) is 0 Å². The maximum Gasteiger partial charge on any atom is 0.225 e. The lowest BCUT2D eigenvalue weighted by Crippen LogP contribution is -2.38. The Morgan fingerprint density at radius 2 is 2.08 bits per heavy atom. The Labute approximate surface area is 148 Å². The van der Waals surface area contributed by atoms with Crippen molar-refractivity contribution in [3.05, 3.63) is 29.8 Å². The smallest absolute Gasteiger partial charge is 0.225 e. The van der Waals surface area contributed by atoms with E-state index >= 15 is 0 Å². The summed E-state index contributed by atoms with van der Waals surface area (Å²) >= 11 is 0. The Bertz CT molecular complexity index is 573. The minimum Gasteiger partial charge on any atom is -0.379 e. The van der Waals surface area contributed by atoms with Crippen molar-refractivity contribution in [3.63, 3.8) is 0 Å². The molecule has 0 radical (unpaired) electrons. The van der Waals surface area contributed by atoms with E-state index in [1.54, 1.807) is 6.92 Å². The number of nitrogens with two attached hydrogens (primary N) is 1. The van der Waals surface area contributed by atoms with Crippen LogP contribution < -0.4 is 16.4 Å². The normalized spacial score (nSPS) is 16.2. The minimum atomic E-state index is -0.205. The molecule has 1 aromatic rings. The molecule has 1 atom stereocenters. The highest BCUT2D eigenvalue weighted by molar-refractivity contribution is 5.90. The third-order valence-corrected chi connectivity index (χ3v) is 4.24. The minimum absolute atomic E-state index is 0.00979. The topological polar surface area (TPSA) is 96.7 Å². The van der Waals surface area contributed by atoms with Gasteiger partial charge in [0.1, 0.15) is 0 Å². The highest BCUT2D eigenvalue weighted by atomic mass is 16.5. The first-order chi connectivity index (χ1) is 12.1. The van der Waals surface area contributed by atoms with Gasteiger partial charge in [-0.05, 0) is 17.7 Å². The van der Waals surface area contributed by atoms with E-state index in [1.807, 2.05) is 24.3 Å². The first-order valence-electron chi connectivity index (χ1n) is 8.75. The second kappa shape index (κ2) is 10.1. The summed E-state index contributed by atoms with van der Waals surface area (Å²) in [5.41, 5.74) is 7.16. The van der Waals surface area contributed by atoms with Crippen molar-refractivity contribution in [1.82, 2.24) is 10.2 Å². The van der Waals surface area contributed by atoms with Crippen molar-refractivity contribution in [2.75, 3.05) is 44.7 Å². The Morgan fingerprint density at radius 3 is 2.80 bits per heavy atom. The zero-order valence-corrected chi connectivity index (χ0v) is 14.8. The number of hydrogen-bond acceptors (Lipinski definition) is 5. The van der Waals surface area contributed by atoms with Crippen LogP contribution in [-0.4, -0.2) is 56.1 Å². The van der Waals surface area contributed by atoms with Crippen LogP contribution in [0.25, 0.3) is 0 Å². The van der Waals surface area contributed by atoms with Crippen molar-refractivity contribution < 1.29 is 14.3 Å². The molecule has 1 aliphatic rings. The van der Waals surface area contributed by atoms with Gasteiger partial charge >= 0.3 is 0 Å². The van der Waals surface area contributed by atoms with E-state index in [2.05, 4.69) is 15.5 Å². The van der Waals surface area contributed by atoms with Crippen LogP contribution in [0.1, 0.15) is 18.9 Å². The Morgan fingerprint density at radius 1 is 1.32 bits per heavy atom. The van der Waals surface area contributed by atoms with Gasteiger partial charge in [0.25, 0.3) is 0 Å². The number of rotatable bonds is 8. The molecule has 1 unspecified atom stereocenters. The molecule has 4 N–H and O–H groups in total. The van der Waals surface area contributed by atoms with Crippen LogP contribution in [0.4, 0.5) is 5.69 Å². The van der Waals surface area contributed by atoms with Crippen LogP contribution in [-0.2, 0) is 20.9 Å². The fourth-order valence-corrected chi connectivity index (χ4v) is 2.54. The van der Waals surface area contributed by atoms with Crippen molar-refractivity contribution in [3.8, 4) is 0 Å². The number of anilines is 1. The number of carbonyl (C=O) groups is 2. The third kappa shape index (κ3) is 6.81. The van der Waals surface area contributed by atoms with E-state index in [0.29, 0.717) is 19.5 Å². The number of carbonyl (C=O) groups excluding carboxylic acids is 2. The lowest BCUT2D eigenvalue weighted by molar-refractivity contribution is -0.124. The molecule has 1 aliphatic heterocycles. The summed E-state index contributed by atoms with van der Waals surface area (Å²) in [7, 11) is 0. The molecule has 1 aromatic carbocycles. The van der Waals surface area contributed by atoms with Gasteiger partial charge in [0.05, 0.1) is 13.2 Å². The maximum absolute atomic E-state index is 12.1. The van der Waals surface area contributed by atoms with Gasteiger partial charge in [-0.3, -0.25) is 14.5 Å². The quantitative estimate of drug-likeness (QED) is 0.638. The van der Waals surface area contributed by atoms with Crippen LogP contribution in [0.2, 0.25) is 0 Å². The molecule has 25 heavy (non-hydrogen) atoms. The van der Waals surface area contributed by atoms with Gasteiger partial charge in [-0.1, -0.05) is 19.1 Å². The Balaban J connectivity index is 1.77. The summed E-state index contributed by atoms with van der Waals surface area (Å²) in [5.74, 6) is -0.282. The van der Waals surface area contributed by atoms with Gasteiger partial charge in [-0.25, -0.2) is 0 Å². The largest absolute Gasteiger partial charge is 0.379 e. The van der Waals surface area contributed by atoms with Crippen LogP contribution in [0, 0.1) is 5.92 Å². The first kappa shape index (κ1) is 19.4. The van der Waals surface area contributed by atoms with E-state index in [9.17, 15) is 9.59 Å². The van der Waals surface area contributed by atoms with Gasteiger partial charge in [0, 0.05) is 50.7 Å². The number of morpholine rings is 1. The first-order valence-corrected chi connectivity index (χ1v) is 8.75. The summed E-state index contributed by atoms with van der Waals surface area (Å²) in [6.45, 7) is 6.50. The zero-order chi connectivity index (χ0) is 18.1. The van der Waals surface area contributed by atoms with E-state index in [4.69, 9.17) is 10.5 Å². The van der Waals surface area contributed by atoms with Gasteiger partial charge in [-0.15, -0.1) is 0 Å². The number of ether oxygens (including phenoxy) is 1. The average molecular weight is 348 g/mol. The van der Waals surface area contributed by atoms with Crippen LogP contribution in [0.5, 0.6) is 0 Å². The molecule has 1 heterocycles. The molecule has 0 aliphatic carbocycles. The van der Waals surface area contributed by atoms with Gasteiger partial charge in [-0.2, -0.15) is 0 Å². The molecule has 7 heteroatoms. The molecule has 7 nitrogen and oxygen atoms in total. The average Bonchev–Trinajstić information content (AvgIpc) is 2.65. The number of amides is 2. The summed E-state index contributed by atoms with van der Waals surface area (Å²) in [4.78, 5) is 26.1. The molecule has 0 aromatic heterocycles. The molecule has 0 spiro atoms. The fourth-order valence-electron chi connectivity index (χ4n) is 2.54. The number of nitrogens with one attached hydrogen (secondary N) is 2. The predicted molar refractivity (Wildman–Crippen MR) is 97.0 cm³/mol. The monoisotopic (exact) mass is 348 g/mol. The van der Waals surface area contributed by atoms with E-state index in [1.165, 1.54) is 0 Å². The lowest BCUT2D eigenvalue weighted by atomic mass is 10.1. The SMILES string of the molecule is CC(CN)C(=O)NCc1cccc(NC(=O)CCN2CCOCC2)c1. The molecule has 1 fully saturated rings. The van der Waals surface area contributed by atoms with Crippen LogP contribution in [0.15, 0.2) is 24.3 Å². The van der Waals surface area contributed by atoms with Crippen LogP contribution in [0.3, 0.4) is 0 Å². The second-order valence-electron chi connectivity index (χ2n) is 6.31. The summed E-state index contributed by atoms with van der Waals surface area (Å²) < 4.78 is 5.30. The predicted octanol–water partition coefficient (Wildman–Crippen LogP) is 0.558. The van der Waals surface area contributed by atoms with E-state index in [0.717, 1.165) is 44.1 Å². The third-order valence-electron chi connectivity index (χ3n) is 4.24. The van der Waals surface area contributed by atoms with Crippen LogP contribution >= 0.6 is 0 Å². The van der Waals surface area contributed by atoms with Gasteiger partial charge in [0.15, 0.2) is 0 Å². The Hall–Kier alpha value is -1.96. The second-order valence-corrected chi connectivity index (χ2v) is 6.31. The van der Waals surface area contributed by atoms with Crippen molar-refractivity contribution in [2.45, 2.75) is 19.9 Å². The van der Waals surface area contributed by atoms with E-state index < -0.39 is 0 Å². The maximum atomic E-state index is 12.1. The summed E-state index contributed by atoms with van der Waals surface area (Å²) in [5, 5.41) is 5.76. The molecule has 138 valence electrons. The zero-order valence-electron chi connectivity index (χ0n) is 14.8. The summed E-state index contributed by atoms with van der Waals surface area (Å²) in [6, 6.07) is 7.50. The molecular weight excluding hydrogens is 320 g/mol.